The molecule has 3 rings (SSSR count). The number of aromatic nitrogens is 2. The molecule has 2 heterocycles. The lowest BCUT2D eigenvalue weighted by Gasteiger charge is -2.44. The molecule has 3 unspecified atom stereocenters. The van der Waals surface area contributed by atoms with Gasteiger partial charge in [0.2, 0.25) is 0 Å². The summed E-state index contributed by atoms with van der Waals surface area (Å²) in [6, 6.07) is 1.41. The van der Waals surface area contributed by atoms with Crippen LogP contribution in [-0.4, -0.2) is 40.2 Å². The molecule has 0 radical (unpaired) electrons. The summed E-state index contributed by atoms with van der Waals surface area (Å²) >= 11 is 0. The van der Waals surface area contributed by atoms with Gasteiger partial charge in [0, 0.05) is 30.4 Å². The van der Waals surface area contributed by atoms with Crippen molar-refractivity contribution >= 4 is 11.4 Å². The Morgan fingerprint density at radius 3 is 2.74 bits per heavy atom. The van der Waals surface area contributed by atoms with E-state index in [1.807, 2.05) is 0 Å². The van der Waals surface area contributed by atoms with E-state index in [2.05, 4.69) is 15.4 Å². The molecule has 0 spiro atoms. The molecule has 1 fully saturated rings. The van der Waals surface area contributed by atoms with Gasteiger partial charge in [-0.15, -0.1) is 0 Å². The summed E-state index contributed by atoms with van der Waals surface area (Å²) in [5.74, 6) is 0.302. The van der Waals surface area contributed by atoms with Crippen molar-refractivity contribution in [3.63, 3.8) is 0 Å². The van der Waals surface area contributed by atoms with E-state index in [0.717, 1.165) is 19.3 Å². The van der Waals surface area contributed by atoms with E-state index < -0.39 is 18.5 Å². The van der Waals surface area contributed by atoms with Gasteiger partial charge in [-0.05, 0) is 31.2 Å². The number of aliphatic imine (C=N–C) groups is 1. The SMILES string of the molecule is NC1=NC=C(c2ccn(C(F)F)n2)C(N)(C2CCCC(NCC(F)F)C2)C1. The minimum atomic E-state index is -2.75. The lowest BCUT2D eigenvalue weighted by Crippen LogP contribution is -2.55. The molecule has 10 heteroatoms. The highest BCUT2D eigenvalue weighted by Gasteiger charge is 2.44. The zero-order valence-corrected chi connectivity index (χ0v) is 14.8. The number of rotatable bonds is 6. The van der Waals surface area contributed by atoms with Crippen molar-refractivity contribution in [2.45, 2.75) is 56.7 Å². The molecular weight excluding hydrogens is 364 g/mol. The lowest BCUT2D eigenvalue weighted by atomic mass is 9.67. The molecule has 6 nitrogen and oxygen atoms in total. The number of alkyl halides is 4. The van der Waals surface area contributed by atoms with Crippen LogP contribution in [0.2, 0.25) is 0 Å². The number of halogens is 4. The molecule has 0 saturated heterocycles. The van der Waals surface area contributed by atoms with Crippen molar-refractivity contribution in [3.8, 4) is 0 Å². The van der Waals surface area contributed by atoms with Gasteiger partial charge in [0.15, 0.2) is 0 Å². The molecule has 1 saturated carbocycles. The predicted octanol–water partition coefficient (Wildman–Crippen LogP) is 2.49. The van der Waals surface area contributed by atoms with Gasteiger partial charge >= 0.3 is 6.55 Å². The summed E-state index contributed by atoms with van der Waals surface area (Å²) in [5.41, 5.74) is 12.6. The van der Waals surface area contributed by atoms with Crippen LogP contribution in [0.25, 0.3) is 5.57 Å². The monoisotopic (exact) mass is 388 g/mol. The van der Waals surface area contributed by atoms with Gasteiger partial charge < -0.3 is 16.8 Å². The Kier molecular flexibility index (Phi) is 5.85. The molecule has 0 aromatic carbocycles. The van der Waals surface area contributed by atoms with E-state index in [1.54, 1.807) is 0 Å². The van der Waals surface area contributed by atoms with E-state index in [4.69, 9.17) is 11.5 Å². The molecule has 1 aromatic heterocycles. The Labute approximate surface area is 154 Å². The molecule has 27 heavy (non-hydrogen) atoms. The van der Waals surface area contributed by atoms with Gasteiger partial charge in [0.25, 0.3) is 6.43 Å². The third-order valence-electron chi connectivity index (χ3n) is 5.38. The van der Waals surface area contributed by atoms with Crippen LogP contribution in [0.1, 0.15) is 44.3 Å². The van der Waals surface area contributed by atoms with Crippen LogP contribution in [-0.2, 0) is 0 Å². The largest absolute Gasteiger partial charge is 0.387 e. The van der Waals surface area contributed by atoms with Crippen LogP contribution >= 0.6 is 0 Å². The highest BCUT2D eigenvalue weighted by atomic mass is 19.3. The van der Waals surface area contributed by atoms with Crippen LogP contribution in [0, 0.1) is 5.92 Å². The number of nitrogens with zero attached hydrogens (tertiary/aromatic N) is 3. The molecule has 150 valence electrons. The molecule has 1 aromatic rings. The molecule has 5 N–H and O–H groups in total. The van der Waals surface area contributed by atoms with Crippen LogP contribution in [0.15, 0.2) is 23.5 Å². The van der Waals surface area contributed by atoms with Crippen molar-refractivity contribution in [2.75, 3.05) is 6.54 Å². The van der Waals surface area contributed by atoms with E-state index in [-0.39, 0.29) is 24.9 Å². The second-order valence-corrected chi connectivity index (χ2v) is 7.20. The fourth-order valence-electron chi connectivity index (χ4n) is 4.07. The number of nitrogens with one attached hydrogen (secondary N) is 1. The third-order valence-corrected chi connectivity index (χ3v) is 5.38. The molecular formula is C17H24F4N6. The smallest absolute Gasteiger partial charge is 0.333 e. The predicted molar refractivity (Wildman–Crippen MR) is 94.4 cm³/mol. The van der Waals surface area contributed by atoms with E-state index in [1.165, 1.54) is 18.5 Å². The van der Waals surface area contributed by atoms with Crippen LogP contribution in [0.3, 0.4) is 0 Å². The average molecular weight is 388 g/mol. The molecule has 3 atom stereocenters. The van der Waals surface area contributed by atoms with Gasteiger partial charge in [-0.2, -0.15) is 13.9 Å². The fraction of sp³-hybridized carbons (Fsp3) is 0.647. The average Bonchev–Trinajstić information content (AvgIpc) is 3.10. The molecule has 2 aliphatic rings. The minimum Gasteiger partial charge on any atom is -0.387 e. The Balaban J connectivity index is 1.84. The summed E-state index contributed by atoms with van der Waals surface area (Å²) in [4.78, 5) is 4.11. The quantitative estimate of drug-likeness (QED) is 0.653. The standard InChI is InChI=1S/C17H24F4N6/c18-14(19)9-24-11-3-1-2-10(6-11)17(23)7-15(22)25-8-12(17)13-4-5-27(26-13)16(20)21/h4-5,8,10-11,14,16,24H,1-3,6-7,9,23H2,(H2,22,25). The van der Waals surface area contributed by atoms with Gasteiger partial charge in [0.05, 0.1) is 17.8 Å². The molecule has 0 bridgehead atoms. The topological polar surface area (TPSA) is 94.2 Å². The lowest BCUT2D eigenvalue weighted by molar-refractivity contribution is 0.0564. The number of hydrogen-bond donors (Lipinski definition) is 3. The highest BCUT2D eigenvalue weighted by molar-refractivity contribution is 5.90. The summed E-state index contributed by atoms with van der Waals surface area (Å²) in [6.45, 7) is -3.11. The van der Waals surface area contributed by atoms with Crippen LogP contribution in [0.4, 0.5) is 17.6 Å². The molecule has 0 amide bonds. The van der Waals surface area contributed by atoms with Crippen molar-refractivity contribution in [1.82, 2.24) is 15.1 Å². The van der Waals surface area contributed by atoms with Gasteiger partial charge in [-0.1, -0.05) is 6.42 Å². The summed E-state index contributed by atoms with van der Waals surface area (Å²) in [6.07, 6.45) is 3.56. The minimum absolute atomic E-state index is 0.0570. The zero-order chi connectivity index (χ0) is 19.6. The van der Waals surface area contributed by atoms with Crippen molar-refractivity contribution in [1.29, 1.82) is 0 Å². The van der Waals surface area contributed by atoms with Crippen molar-refractivity contribution in [2.24, 2.45) is 22.4 Å². The van der Waals surface area contributed by atoms with Crippen molar-refractivity contribution in [3.05, 3.63) is 24.2 Å². The van der Waals surface area contributed by atoms with Crippen LogP contribution in [0.5, 0.6) is 0 Å². The Bertz CT molecular complexity index is 716. The van der Waals surface area contributed by atoms with E-state index >= 15 is 0 Å². The highest BCUT2D eigenvalue weighted by Crippen LogP contribution is 2.42. The summed E-state index contributed by atoms with van der Waals surface area (Å²) < 4.78 is 51.4. The maximum atomic E-state index is 12.9. The zero-order valence-electron chi connectivity index (χ0n) is 14.8. The molecule has 1 aliphatic heterocycles. The first-order chi connectivity index (χ1) is 12.8. The van der Waals surface area contributed by atoms with E-state index in [9.17, 15) is 17.6 Å². The van der Waals surface area contributed by atoms with Gasteiger partial charge in [-0.3, -0.25) is 0 Å². The molecule has 1 aliphatic carbocycles. The van der Waals surface area contributed by atoms with Crippen molar-refractivity contribution < 1.29 is 17.6 Å². The number of hydrogen-bond acceptors (Lipinski definition) is 5. The van der Waals surface area contributed by atoms with Gasteiger partial charge in [0.1, 0.15) is 5.84 Å². The summed E-state index contributed by atoms with van der Waals surface area (Å²) in [7, 11) is 0. The first kappa shape index (κ1) is 19.8. The second-order valence-electron chi connectivity index (χ2n) is 7.20. The summed E-state index contributed by atoms with van der Waals surface area (Å²) in [5, 5.41) is 6.81. The second kappa shape index (κ2) is 7.97. The Morgan fingerprint density at radius 2 is 2.07 bits per heavy atom. The first-order valence-corrected chi connectivity index (χ1v) is 8.96. The fourth-order valence-corrected chi connectivity index (χ4v) is 4.07. The number of amidine groups is 1. The van der Waals surface area contributed by atoms with Crippen LogP contribution < -0.4 is 16.8 Å². The third kappa shape index (κ3) is 4.32. The Hall–Kier alpha value is -1.94. The van der Waals surface area contributed by atoms with E-state index in [0.29, 0.717) is 28.2 Å². The maximum absolute atomic E-state index is 12.9. The first-order valence-electron chi connectivity index (χ1n) is 8.96. The normalized spacial score (nSPS) is 29.1. The number of nitrogens with two attached hydrogens (primary N) is 2. The van der Waals surface area contributed by atoms with Gasteiger partial charge in [-0.25, -0.2) is 18.5 Å². The maximum Gasteiger partial charge on any atom is 0.333 e. The Morgan fingerprint density at radius 1 is 1.30 bits per heavy atom.